The van der Waals surface area contributed by atoms with Gasteiger partial charge in [-0.1, -0.05) is 125 Å². The Morgan fingerprint density at radius 3 is 1.60 bits per heavy atom. The van der Waals surface area contributed by atoms with Crippen LogP contribution in [-0.4, -0.2) is 0 Å². The molecule has 0 aliphatic carbocycles. The van der Waals surface area contributed by atoms with Gasteiger partial charge in [0, 0.05) is 0 Å². The van der Waals surface area contributed by atoms with Gasteiger partial charge in [0.25, 0.3) is 0 Å². The van der Waals surface area contributed by atoms with Gasteiger partial charge in [0.05, 0.1) is 0 Å². The number of rotatable bonds is 18. The van der Waals surface area contributed by atoms with E-state index in [2.05, 4.69) is 41.5 Å². The number of hydrogen-bond donors (Lipinski definition) is 0. The fourth-order valence-corrected chi connectivity index (χ4v) is 4.28. The van der Waals surface area contributed by atoms with Crippen molar-refractivity contribution in [3.8, 4) is 0 Å². The smallest absolute Gasteiger partial charge is 0.0323 e. The van der Waals surface area contributed by atoms with Crippen molar-refractivity contribution in [2.75, 3.05) is 0 Å². The first-order valence-electron chi connectivity index (χ1n) is 11.9. The average Bonchev–Trinajstić information content (AvgIpc) is 2.56. The molecular formula is C25H52. The molecule has 0 nitrogen and oxygen atoms in total. The standard InChI is InChI=1S/C25H52/c1-7-9-10-14-17-20-25(6,22-24(5)8-2)21-18-15-12-11-13-16-19-23(3)4/h23-24H,7-22H2,1-6H3. The molecule has 0 heterocycles. The maximum Gasteiger partial charge on any atom is -0.0323 e. The van der Waals surface area contributed by atoms with Gasteiger partial charge < -0.3 is 0 Å². The second kappa shape index (κ2) is 16.2. The summed E-state index contributed by atoms with van der Waals surface area (Å²) in [4.78, 5) is 0. The molecule has 152 valence electrons. The molecule has 25 heavy (non-hydrogen) atoms. The Labute approximate surface area is 161 Å². The van der Waals surface area contributed by atoms with E-state index >= 15 is 0 Å². The molecule has 0 aromatic heterocycles. The van der Waals surface area contributed by atoms with Gasteiger partial charge in [0.2, 0.25) is 0 Å². The molecule has 0 aliphatic rings. The van der Waals surface area contributed by atoms with Crippen LogP contribution in [0.5, 0.6) is 0 Å². The zero-order valence-electron chi connectivity index (χ0n) is 19.0. The molecule has 2 atom stereocenters. The minimum absolute atomic E-state index is 0.610. The third-order valence-electron chi connectivity index (χ3n) is 6.23. The lowest BCUT2D eigenvalue weighted by Crippen LogP contribution is -2.20. The highest BCUT2D eigenvalue weighted by Gasteiger charge is 2.25. The van der Waals surface area contributed by atoms with E-state index in [-0.39, 0.29) is 0 Å². The van der Waals surface area contributed by atoms with Gasteiger partial charge in [-0.15, -0.1) is 0 Å². The fraction of sp³-hybridized carbons (Fsp3) is 1.00. The lowest BCUT2D eigenvalue weighted by molar-refractivity contribution is 0.194. The Morgan fingerprint density at radius 2 is 1.12 bits per heavy atom. The Morgan fingerprint density at radius 1 is 0.640 bits per heavy atom. The highest BCUT2D eigenvalue weighted by molar-refractivity contribution is 4.77. The zero-order valence-corrected chi connectivity index (χ0v) is 19.0. The summed E-state index contributed by atoms with van der Waals surface area (Å²) in [6.45, 7) is 14.4. The molecule has 0 heteroatoms. The molecule has 0 fully saturated rings. The maximum atomic E-state index is 2.60. The fourth-order valence-electron chi connectivity index (χ4n) is 4.28. The van der Waals surface area contributed by atoms with Crippen LogP contribution in [0.3, 0.4) is 0 Å². The first kappa shape index (κ1) is 25.0. The first-order valence-corrected chi connectivity index (χ1v) is 11.9. The molecule has 0 radical (unpaired) electrons. The van der Waals surface area contributed by atoms with Gasteiger partial charge in [-0.3, -0.25) is 0 Å². The molecule has 0 N–H and O–H groups in total. The summed E-state index contributed by atoms with van der Waals surface area (Å²) >= 11 is 0. The molecule has 0 spiro atoms. The van der Waals surface area contributed by atoms with Gasteiger partial charge in [-0.25, -0.2) is 0 Å². The van der Waals surface area contributed by atoms with Crippen LogP contribution in [0.25, 0.3) is 0 Å². The molecule has 0 amide bonds. The molecule has 2 unspecified atom stereocenters. The van der Waals surface area contributed by atoms with Crippen LogP contribution in [0.15, 0.2) is 0 Å². The third kappa shape index (κ3) is 15.9. The lowest BCUT2D eigenvalue weighted by Gasteiger charge is -2.32. The number of hydrogen-bond acceptors (Lipinski definition) is 0. The summed E-state index contributed by atoms with van der Waals surface area (Å²) in [7, 11) is 0. The topological polar surface area (TPSA) is 0 Å². The van der Waals surface area contributed by atoms with Crippen LogP contribution in [-0.2, 0) is 0 Å². The van der Waals surface area contributed by atoms with E-state index in [0.29, 0.717) is 5.41 Å². The summed E-state index contributed by atoms with van der Waals surface area (Å²) in [6, 6.07) is 0. The molecule has 0 rings (SSSR count). The Balaban J connectivity index is 3.96. The molecule has 0 bridgehead atoms. The van der Waals surface area contributed by atoms with E-state index < -0.39 is 0 Å². The van der Waals surface area contributed by atoms with Crippen molar-refractivity contribution in [2.45, 2.75) is 144 Å². The van der Waals surface area contributed by atoms with Gasteiger partial charge >= 0.3 is 0 Å². The van der Waals surface area contributed by atoms with E-state index in [9.17, 15) is 0 Å². The van der Waals surface area contributed by atoms with Crippen molar-refractivity contribution in [1.82, 2.24) is 0 Å². The summed E-state index contributed by atoms with van der Waals surface area (Å²) in [5.74, 6) is 1.79. The van der Waals surface area contributed by atoms with Crippen LogP contribution in [0.1, 0.15) is 144 Å². The highest BCUT2D eigenvalue weighted by Crippen LogP contribution is 2.38. The molecule has 0 aromatic rings. The van der Waals surface area contributed by atoms with Gasteiger partial charge in [-0.2, -0.15) is 0 Å². The predicted octanol–water partition coefficient (Wildman–Crippen LogP) is 9.57. The van der Waals surface area contributed by atoms with E-state index in [1.165, 1.54) is 103 Å². The summed E-state index contributed by atoms with van der Waals surface area (Å²) < 4.78 is 0. The molecule has 0 aliphatic heterocycles. The normalized spacial score (nSPS) is 15.5. The largest absolute Gasteiger partial charge is 0.0654 e. The van der Waals surface area contributed by atoms with Crippen LogP contribution in [0.2, 0.25) is 0 Å². The monoisotopic (exact) mass is 352 g/mol. The van der Waals surface area contributed by atoms with Crippen molar-refractivity contribution in [3.63, 3.8) is 0 Å². The van der Waals surface area contributed by atoms with Crippen molar-refractivity contribution in [2.24, 2.45) is 17.3 Å². The zero-order chi connectivity index (χ0) is 19.0. The van der Waals surface area contributed by atoms with Gasteiger partial charge in [0.1, 0.15) is 0 Å². The van der Waals surface area contributed by atoms with Crippen LogP contribution in [0, 0.1) is 17.3 Å². The van der Waals surface area contributed by atoms with Crippen LogP contribution >= 0.6 is 0 Å². The molecular weight excluding hydrogens is 300 g/mol. The molecule has 0 aromatic carbocycles. The Kier molecular flexibility index (Phi) is 16.2. The van der Waals surface area contributed by atoms with Crippen molar-refractivity contribution < 1.29 is 0 Å². The Bertz CT molecular complexity index is 267. The summed E-state index contributed by atoms with van der Waals surface area (Å²) in [5.41, 5.74) is 0.610. The first-order chi connectivity index (χ1) is 11.9. The summed E-state index contributed by atoms with van der Waals surface area (Å²) in [5, 5.41) is 0. The van der Waals surface area contributed by atoms with E-state index in [4.69, 9.17) is 0 Å². The minimum Gasteiger partial charge on any atom is -0.0654 e. The number of unbranched alkanes of at least 4 members (excludes halogenated alkanes) is 9. The maximum absolute atomic E-state index is 2.60. The van der Waals surface area contributed by atoms with Crippen LogP contribution < -0.4 is 0 Å². The van der Waals surface area contributed by atoms with E-state index in [1.807, 2.05) is 0 Å². The Hall–Kier alpha value is 0. The van der Waals surface area contributed by atoms with Crippen molar-refractivity contribution in [1.29, 1.82) is 0 Å². The van der Waals surface area contributed by atoms with Crippen molar-refractivity contribution >= 4 is 0 Å². The minimum atomic E-state index is 0.610. The molecule has 0 saturated carbocycles. The molecule has 0 saturated heterocycles. The second-order valence-corrected chi connectivity index (χ2v) is 9.75. The quantitative estimate of drug-likeness (QED) is 0.215. The second-order valence-electron chi connectivity index (χ2n) is 9.75. The average molecular weight is 353 g/mol. The van der Waals surface area contributed by atoms with E-state index in [0.717, 1.165) is 11.8 Å². The highest BCUT2D eigenvalue weighted by atomic mass is 14.3. The SMILES string of the molecule is CCCCCCCC(C)(CCCCCCCCC(C)C)CC(C)CC. The van der Waals surface area contributed by atoms with Gasteiger partial charge in [-0.05, 0) is 36.5 Å². The lowest BCUT2D eigenvalue weighted by atomic mass is 9.73. The van der Waals surface area contributed by atoms with Gasteiger partial charge in [0.15, 0.2) is 0 Å². The predicted molar refractivity (Wildman–Crippen MR) is 117 cm³/mol. The third-order valence-corrected chi connectivity index (χ3v) is 6.23. The summed E-state index contributed by atoms with van der Waals surface area (Å²) in [6.07, 6.45) is 23.1. The van der Waals surface area contributed by atoms with E-state index in [1.54, 1.807) is 0 Å². The van der Waals surface area contributed by atoms with Crippen LogP contribution in [0.4, 0.5) is 0 Å². The van der Waals surface area contributed by atoms with Crippen molar-refractivity contribution in [3.05, 3.63) is 0 Å².